The van der Waals surface area contributed by atoms with Gasteiger partial charge in [0.2, 0.25) is 10.0 Å². The number of benzene rings is 1. The summed E-state index contributed by atoms with van der Waals surface area (Å²) in [7, 11) is -3.79. The van der Waals surface area contributed by atoms with Gasteiger partial charge in [-0.15, -0.1) is 0 Å². The number of rotatable bonds is 3. The molecule has 2 rings (SSSR count). The lowest BCUT2D eigenvalue weighted by Gasteiger charge is -2.30. The molecule has 1 atom stereocenters. The molecule has 0 radical (unpaired) electrons. The van der Waals surface area contributed by atoms with Crippen LogP contribution in [0.25, 0.3) is 0 Å². The number of phenolic OH excluding ortho intramolecular Hbond substituents is 1. The average molecular weight is 301 g/mol. The zero-order valence-corrected chi connectivity index (χ0v) is 11.6. The van der Waals surface area contributed by atoms with Gasteiger partial charge in [-0.3, -0.25) is 10.1 Å². The van der Waals surface area contributed by atoms with Crippen molar-refractivity contribution in [2.75, 3.05) is 19.6 Å². The summed E-state index contributed by atoms with van der Waals surface area (Å²) in [6, 6.07) is 3.10. The van der Waals surface area contributed by atoms with Crippen molar-refractivity contribution in [1.29, 1.82) is 0 Å². The molecule has 0 amide bonds. The van der Waals surface area contributed by atoms with Crippen molar-refractivity contribution in [2.45, 2.75) is 17.9 Å². The van der Waals surface area contributed by atoms with Crippen LogP contribution in [0.5, 0.6) is 5.75 Å². The Kier molecular flexibility index (Phi) is 3.93. The maximum absolute atomic E-state index is 12.4. The SMILES string of the molecule is C[C@H]1CN(S(=O)(=O)c2ccc(O)c([N+](=O)[O-])c2)CCN1. The Balaban J connectivity index is 2.39. The highest BCUT2D eigenvalue weighted by Crippen LogP contribution is 2.29. The van der Waals surface area contributed by atoms with E-state index >= 15 is 0 Å². The van der Waals surface area contributed by atoms with E-state index in [-0.39, 0.29) is 10.9 Å². The lowest BCUT2D eigenvalue weighted by molar-refractivity contribution is -0.386. The number of nitrogens with zero attached hydrogens (tertiary/aromatic N) is 2. The Morgan fingerprint density at radius 3 is 2.80 bits per heavy atom. The lowest BCUT2D eigenvalue weighted by Crippen LogP contribution is -2.51. The highest BCUT2D eigenvalue weighted by molar-refractivity contribution is 7.89. The van der Waals surface area contributed by atoms with Crippen LogP contribution in [0.2, 0.25) is 0 Å². The standard InChI is InChI=1S/C11H15N3O5S/c1-8-7-13(5-4-12-8)20(18,19)9-2-3-11(15)10(6-9)14(16)17/h2-3,6,8,12,15H,4-5,7H2,1H3/t8-/m0/s1. The minimum atomic E-state index is -3.79. The Bertz CT molecular complexity index is 631. The minimum absolute atomic E-state index is 0.0191. The third-order valence-electron chi connectivity index (χ3n) is 3.11. The lowest BCUT2D eigenvalue weighted by atomic mass is 10.3. The molecular weight excluding hydrogens is 286 g/mol. The molecule has 1 aliphatic rings. The molecule has 0 unspecified atom stereocenters. The summed E-state index contributed by atoms with van der Waals surface area (Å²) >= 11 is 0. The van der Waals surface area contributed by atoms with Gasteiger partial charge in [-0.1, -0.05) is 0 Å². The molecule has 0 aromatic heterocycles. The molecule has 1 aromatic carbocycles. The van der Waals surface area contributed by atoms with Crippen LogP contribution in [0.15, 0.2) is 23.1 Å². The Morgan fingerprint density at radius 1 is 1.50 bits per heavy atom. The molecule has 0 spiro atoms. The van der Waals surface area contributed by atoms with E-state index in [9.17, 15) is 23.6 Å². The summed E-state index contributed by atoms with van der Waals surface area (Å²) in [5, 5.41) is 23.2. The van der Waals surface area contributed by atoms with Crippen LogP contribution in [-0.2, 0) is 10.0 Å². The van der Waals surface area contributed by atoms with E-state index in [0.29, 0.717) is 19.6 Å². The average Bonchev–Trinajstić information content (AvgIpc) is 2.38. The number of nitrogens with one attached hydrogen (secondary N) is 1. The van der Waals surface area contributed by atoms with E-state index in [1.165, 1.54) is 10.4 Å². The van der Waals surface area contributed by atoms with Gasteiger partial charge < -0.3 is 10.4 Å². The van der Waals surface area contributed by atoms with Crippen LogP contribution in [0, 0.1) is 10.1 Å². The van der Waals surface area contributed by atoms with Gasteiger partial charge in [-0.05, 0) is 19.1 Å². The van der Waals surface area contributed by atoms with E-state index in [1.54, 1.807) is 0 Å². The Labute approximate surface area is 116 Å². The molecule has 9 heteroatoms. The molecular formula is C11H15N3O5S. The number of nitro groups is 1. The van der Waals surface area contributed by atoms with Gasteiger partial charge >= 0.3 is 5.69 Å². The van der Waals surface area contributed by atoms with Gasteiger partial charge in [0.05, 0.1) is 9.82 Å². The topological polar surface area (TPSA) is 113 Å². The van der Waals surface area contributed by atoms with Crippen molar-refractivity contribution < 1.29 is 18.4 Å². The number of aromatic hydroxyl groups is 1. The summed E-state index contributed by atoms with van der Waals surface area (Å²) in [6.07, 6.45) is 0. The first-order valence-electron chi connectivity index (χ1n) is 6.03. The Morgan fingerprint density at radius 2 is 2.20 bits per heavy atom. The van der Waals surface area contributed by atoms with Gasteiger partial charge in [0.1, 0.15) is 0 Å². The first kappa shape index (κ1) is 14.7. The fraction of sp³-hybridized carbons (Fsp3) is 0.455. The molecule has 8 nitrogen and oxygen atoms in total. The largest absolute Gasteiger partial charge is 0.502 e. The van der Waals surface area contributed by atoms with Crippen LogP contribution >= 0.6 is 0 Å². The predicted octanol–water partition coefficient (Wildman–Crippen LogP) is 0.283. The number of nitro benzene ring substituents is 1. The fourth-order valence-electron chi connectivity index (χ4n) is 2.07. The van der Waals surface area contributed by atoms with Crippen LogP contribution in [-0.4, -0.2) is 48.4 Å². The summed E-state index contributed by atoms with van der Waals surface area (Å²) in [5.74, 6) is -0.553. The normalized spacial score (nSPS) is 20.8. The second-order valence-electron chi connectivity index (χ2n) is 4.63. The number of sulfonamides is 1. The molecule has 1 saturated heterocycles. The molecule has 2 N–H and O–H groups in total. The molecule has 1 heterocycles. The van der Waals surface area contributed by atoms with E-state index in [4.69, 9.17) is 0 Å². The van der Waals surface area contributed by atoms with E-state index in [2.05, 4.69) is 5.32 Å². The van der Waals surface area contributed by atoms with Crippen molar-refractivity contribution in [3.63, 3.8) is 0 Å². The van der Waals surface area contributed by atoms with Gasteiger partial charge in [-0.2, -0.15) is 4.31 Å². The van der Waals surface area contributed by atoms with Gasteiger partial charge in [0.15, 0.2) is 5.75 Å². The summed E-state index contributed by atoms with van der Waals surface area (Å²) in [4.78, 5) is 9.76. The van der Waals surface area contributed by atoms with E-state index in [0.717, 1.165) is 12.1 Å². The van der Waals surface area contributed by atoms with Crippen molar-refractivity contribution in [1.82, 2.24) is 9.62 Å². The van der Waals surface area contributed by atoms with Crippen LogP contribution in [0.4, 0.5) is 5.69 Å². The fourth-order valence-corrected chi connectivity index (χ4v) is 3.62. The minimum Gasteiger partial charge on any atom is -0.502 e. The maximum Gasteiger partial charge on any atom is 0.312 e. The highest BCUT2D eigenvalue weighted by Gasteiger charge is 2.30. The first-order chi connectivity index (χ1) is 9.32. The first-order valence-corrected chi connectivity index (χ1v) is 7.47. The third-order valence-corrected chi connectivity index (χ3v) is 4.97. The zero-order chi connectivity index (χ0) is 14.9. The van der Waals surface area contributed by atoms with Crippen molar-refractivity contribution >= 4 is 15.7 Å². The van der Waals surface area contributed by atoms with Crippen molar-refractivity contribution in [3.05, 3.63) is 28.3 Å². The molecule has 0 saturated carbocycles. The Hall–Kier alpha value is -1.71. The van der Waals surface area contributed by atoms with Crippen molar-refractivity contribution in [2.24, 2.45) is 0 Å². The van der Waals surface area contributed by atoms with Gasteiger partial charge in [0.25, 0.3) is 0 Å². The summed E-state index contributed by atoms with van der Waals surface area (Å²) in [5.41, 5.74) is -0.616. The van der Waals surface area contributed by atoms with Crippen LogP contribution in [0.3, 0.4) is 0 Å². The predicted molar refractivity (Wildman–Crippen MR) is 71.0 cm³/mol. The van der Waals surface area contributed by atoms with E-state index in [1.807, 2.05) is 6.92 Å². The molecule has 0 bridgehead atoms. The second-order valence-corrected chi connectivity index (χ2v) is 6.56. The number of phenols is 1. The monoisotopic (exact) mass is 301 g/mol. The number of piperazine rings is 1. The van der Waals surface area contributed by atoms with Gasteiger partial charge in [-0.25, -0.2) is 8.42 Å². The molecule has 0 aliphatic carbocycles. The summed E-state index contributed by atoms with van der Waals surface area (Å²) in [6.45, 7) is 3.00. The number of hydrogen-bond acceptors (Lipinski definition) is 6. The smallest absolute Gasteiger partial charge is 0.312 e. The molecule has 1 aromatic rings. The quantitative estimate of drug-likeness (QED) is 0.612. The van der Waals surface area contributed by atoms with Crippen LogP contribution in [0.1, 0.15) is 6.92 Å². The zero-order valence-electron chi connectivity index (χ0n) is 10.8. The maximum atomic E-state index is 12.4. The highest BCUT2D eigenvalue weighted by atomic mass is 32.2. The molecule has 110 valence electrons. The van der Waals surface area contributed by atoms with Gasteiger partial charge in [0, 0.05) is 31.7 Å². The molecule has 20 heavy (non-hydrogen) atoms. The van der Waals surface area contributed by atoms with E-state index < -0.39 is 26.4 Å². The third kappa shape index (κ3) is 2.74. The molecule has 1 fully saturated rings. The second kappa shape index (κ2) is 5.35. The number of hydrogen-bond donors (Lipinski definition) is 2. The summed E-state index contributed by atoms with van der Waals surface area (Å²) < 4.78 is 26.1. The van der Waals surface area contributed by atoms with Crippen molar-refractivity contribution in [3.8, 4) is 5.75 Å². The van der Waals surface area contributed by atoms with Crippen LogP contribution < -0.4 is 5.32 Å². The molecule has 1 aliphatic heterocycles.